The standard InChI is InChI=1S/C18H33N5OS/c1-6-19-17(20-11-16-22-15(12-25-16)14(2)3)21-13-18(23(4)5)7-9-24-10-8-18/h12,14H,6-11,13H2,1-5H3,(H2,19,20,21). The lowest BCUT2D eigenvalue weighted by molar-refractivity contribution is -0.00501. The number of aromatic nitrogens is 1. The Bertz CT molecular complexity index is 549. The van der Waals surface area contributed by atoms with Gasteiger partial charge in [0.25, 0.3) is 0 Å². The second-order valence-electron chi connectivity index (χ2n) is 7.10. The maximum atomic E-state index is 5.55. The van der Waals surface area contributed by atoms with Gasteiger partial charge in [-0.1, -0.05) is 13.8 Å². The van der Waals surface area contributed by atoms with Crippen LogP contribution in [0.2, 0.25) is 0 Å². The fraction of sp³-hybridized carbons (Fsp3) is 0.778. The molecule has 2 heterocycles. The molecule has 7 heteroatoms. The third-order valence-corrected chi connectivity index (χ3v) is 5.69. The van der Waals surface area contributed by atoms with Crippen molar-refractivity contribution in [2.24, 2.45) is 4.99 Å². The number of nitrogens with one attached hydrogen (secondary N) is 2. The first-order valence-electron chi connectivity index (χ1n) is 9.18. The van der Waals surface area contributed by atoms with Gasteiger partial charge in [0.1, 0.15) is 5.01 Å². The van der Waals surface area contributed by atoms with Crippen LogP contribution < -0.4 is 10.6 Å². The summed E-state index contributed by atoms with van der Waals surface area (Å²) < 4.78 is 5.55. The Labute approximate surface area is 156 Å². The summed E-state index contributed by atoms with van der Waals surface area (Å²) in [6.07, 6.45) is 2.08. The molecule has 6 nitrogen and oxygen atoms in total. The third kappa shape index (κ3) is 5.66. The fourth-order valence-electron chi connectivity index (χ4n) is 2.93. The maximum absolute atomic E-state index is 5.55. The van der Waals surface area contributed by atoms with Gasteiger partial charge in [-0.05, 0) is 39.8 Å². The Morgan fingerprint density at radius 3 is 2.64 bits per heavy atom. The summed E-state index contributed by atoms with van der Waals surface area (Å²) in [5.41, 5.74) is 1.28. The molecule has 1 saturated heterocycles. The van der Waals surface area contributed by atoms with E-state index in [9.17, 15) is 0 Å². The van der Waals surface area contributed by atoms with Gasteiger partial charge in [0.15, 0.2) is 5.96 Å². The molecule has 0 bridgehead atoms. The van der Waals surface area contributed by atoms with Crippen LogP contribution in [0.5, 0.6) is 0 Å². The van der Waals surface area contributed by atoms with Gasteiger partial charge in [0.2, 0.25) is 0 Å². The summed E-state index contributed by atoms with van der Waals surface area (Å²) in [5.74, 6) is 1.32. The number of guanidine groups is 1. The highest BCUT2D eigenvalue weighted by molar-refractivity contribution is 7.09. The molecule has 2 N–H and O–H groups in total. The van der Waals surface area contributed by atoms with E-state index in [-0.39, 0.29) is 5.54 Å². The van der Waals surface area contributed by atoms with Crippen molar-refractivity contribution < 1.29 is 4.74 Å². The Balaban J connectivity index is 1.98. The number of nitrogens with zero attached hydrogens (tertiary/aromatic N) is 3. The normalized spacial score (nSPS) is 18.0. The minimum Gasteiger partial charge on any atom is -0.381 e. The van der Waals surface area contributed by atoms with E-state index < -0.39 is 0 Å². The van der Waals surface area contributed by atoms with Crippen molar-refractivity contribution in [2.75, 3.05) is 40.4 Å². The van der Waals surface area contributed by atoms with Gasteiger partial charge in [0.05, 0.1) is 12.2 Å². The van der Waals surface area contributed by atoms with E-state index in [0.29, 0.717) is 12.5 Å². The summed E-state index contributed by atoms with van der Waals surface area (Å²) in [4.78, 5) is 11.7. The van der Waals surface area contributed by atoms with Crippen molar-refractivity contribution in [1.29, 1.82) is 0 Å². The van der Waals surface area contributed by atoms with Crippen LogP contribution in [0.4, 0.5) is 0 Å². The first-order valence-corrected chi connectivity index (χ1v) is 10.1. The van der Waals surface area contributed by atoms with Gasteiger partial charge in [-0.3, -0.25) is 0 Å². The summed E-state index contributed by atoms with van der Waals surface area (Å²) in [6.45, 7) is 10.4. The molecule has 0 atom stereocenters. The lowest BCUT2D eigenvalue weighted by Gasteiger charge is -2.43. The van der Waals surface area contributed by atoms with Gasteiger partial charge in [-0.25, -0.2) is 9.98 Å². The van der Waals surface area contributed by atoms with Gasteiger partial charge in [-0.15, -0.1) is 11.3 Å². The first-order chi connectivity index (χ1) is 12.0. The van der Waals surface area contributed by atoms with Crippen LogP contribution in [0.15, 0.2) is 10.4 Å². The molecule has 0 radical (unpaired) electrons. The van der Waals surface area contributed by atoms with Crippen LogP contribution in [-0.2, 0) is 11.3 Å². The van der Waals surface area contributed by atoms with E-state index in [0.717, 1.165) is 55.8 Å². The fourth-order valence-corrected chi connectivity index (χ4v) is 3.81. The molecule has 1 aliphatic heterocycles. The number of hydrogen-bond acceptors (Lipinski definition) is 5. The van der Waals surface area contributed by atoms with Crippen LogP contribution in [0.25, 0.3) is 0 Å². The quantitative estimate of drug-likeness (QED) is 0.572. The van der Waals surface area contributed by atoms with Crippen molar-refractivity contribution >= 4 is 17.3 Å². The van der Waals surface area contributed by atoms with Crippen molar-refractivity contribution in [3.8, 4) is 0 Å². The molecule has 2 rings (SSSR count). The molecule has 1 aliphatic rings. The van der Waals surface area contributed by atoms with E-state index in [1.165, 1.54) is 0 Å². The molecule has 0 saturated carbocycles. The zero-order valence-corrected chi connectivity index (χ0v) is 17.1. The Morgan fingerprint density at radius 2 is 2.08 bits per heavy atom. The Kier molecular flexibility index (Phi) is 7.65. The predicted octanol–water partition coefficient (Wildman–Crippen LogP) is 2.43. The molecule has 25 heavy (non-hydrogen) atoms. The largest absolute Gasteiger partial charge is 0.381 e. The molecular weight excluding hydrogens is 334 g/mol. The second kappa shape index (κ2) is 9.50. The summed E-state index contributed by atoms with van der Waals surface area (Å²) in [6, 6.07) is 0. The highest BCUT2D eigenvalue weighted by Crippen LogP contribution is 2.25. The van der Waals surface area contributed by atoms with Gasteiger partial charge >= 0.3 is 0 Å². The van der Waals surface area contributed by atoms with Crippen LogP contribution in [0.1, 0.15) is 50.2 Å². The van der Waals surface area contributed by atoms with Gasteiger partial charge in [0, 0.05) is 37.2 Å². The number of rotatable bonds is 7. The first kappa shape index (κ1) is 20.1. The molecule has 1 aromatic rings. The minimum absolute atomic E-state index is 0.125. The Hall–Kier alpha value is -1.18. The molecule has 0 aliphatic carbocycles. The number of thiazole rings is 1. The monoisotopic (exact) mass is 367 g/mol. The lowest BCUT2D eigenvalue weighted by atomic mass is 9.88. The van der Waals surface area contributed by atoms with Crippen molar-refractivity contribution in [3.05, 3.63) is 16.1 Å². The molecule has 1 fully saturated rings. The number of likely N-dealkylation sites (N-methyl/N-ethyl adjacent to an activating group) is 1. The number of ether oxygens (including phenoxy) is 1. The Morgan fingerprint density at radius 1 is 1.36 bits per heavy atom. The van der Waals surface area contributed by atoms with E-state index >= 15 is 0 Å². The minimum atomic E-state index is 0.125. The van der Waals surface area contributed by atoms with Crippen LogP contribution in [-0.4, -0.2) is 61.8 Å². The highest BCUT2D eigenvalue weighted by Gasteiger charge is 2.34. The number of hydrogen-bond donors (Lipinski definition) is 2. The topological polar surface area (TPSA) is 61.8 Å². The molecule has 0 aromatic carbocycles. The molecule has 142 valence electrons. The van der Waals surface area contributed by atoms with Crippen molar-refractivity contribution in [1.82, 2.24) is 20.5 Å². The van der Waals surface area contributed by atoms with Crippen LogP contribution >= 0.6 is 11.3 Å². The SMILES string of the molecule is CCNC(=NCc1nc(C(C)C)cs1)NCC1(N(C)C)CCOCC1. The van der Waals surface area contributed by atoms with Crippen molar-refractivity contribution in [2.45, 2.75) is 51.6 Å². The summed E-state index contributed by atoms with van der Waals surface area (Å²) >= 11 is 1.69. The van der Waals surface area contributed by atoms with E-state index in [4.69, 9.17) is 9.73 Å². The van der Waals surface area contributed by atoms with Gasteiger partial charge in [-0.2, -0.15) is 0 Å². The highest BCUT2D eigenvalue weighted by atomic mass is 32.1. The smallest absolute Gasteiger partial charge is 0.191 e. The molecule has 0 amide bonds. The molecule has 1 aromatic heterocycles. The lowest BCUT2D eigenvalue weighted by Crippen LogP contribution is -2.57. The van der Waals surface area contributed by atoms with E-state index in [2.05, 4.69) is 60.8 Å². The van der Waals surface area contributed by atoms with E-state index in [1.54, 1.807) is 11.3 Å². The summed E-state index contributed by atoms with van der Waals surface area (Å²) in [5, 5.41) is 10.1. The maximum Gasteiger partial charge on any atom is 0.191 e. The van der Waals surface area contributed by atoms with Crippen LogP contribution in [0.3, 0.4) is 0 Å². The van der Waals surface area contributed by atoms with Crippen molar-refractivity contribution in [3.63, 3.8) is 0 Å². The molecule has 0 spiro atoms. The molecular formula is C18H33N5OS. The van der Waals surface area contributed by atoms with Crippen LogP contribution in [0, 0.1) is 0 Å². The predicted molar refractivity (Wildman–Crippen MR) is 105 cm³/mol. The van der Waals surface area contributed by atoms with E-state index in [1.807, 2.05) is 0 Å². The second-order valence-corrected chi connectivity index (χ2v) is 8.04. The summed E-state index contributed by atoms with van der Waals surface area (Å²) in [7, 11) is 4.31. The number of aliphatic imine (C=N–C) groups is 1. The average molecular weight is 368 g/mol. The average Bonchev–Trinajstić information content (AvgIpc) is 3.07. The third-order valence-electron chi connectivity index (χ3n) is 4.83. The van der Waals surface area contributed by atoms with Gasteiger partial charge < -0.3 is 20.3 Å². The molecule has 0 unspecified atom stereocenters. The zero-order valence-electron chi connectivity index (χ0n) is 16.3. The zero-order chi connectivity index (χ0) is 18.3.